The van der Waals surface area contributed by atoms with Gasteiger partial charge in [-0.15, -0.1) is 0 Å². The SMILES string of the molecule is [B]c1cncc(NC(=O)CCC)c1. The molecule has 0 aliphatic heterocycles. The molecule has 1 heterocycles. The predicted molar refractivity (Wildman–Crippen MR) is 53.2 cm³/mol. The Bertz CT molecular complexity index is 301. The number of aromatic nitrogens is 1. The first kappa shape index (κ1) is 9.77. The molecular formula is C9H11BN2O. The minimum absolute atomic E-state index is 0.00472. The van der Waals surface area contributed by atoms with Crippen LogP contribution in [-0.2, 0) is 4.79 Å². The van der Waals surface area contributed by atoms with Gasteiger partial charge in [0.2, 0.25) is 5.91 Å². The average molecular weight is 174 g/mol. The lowest BCUT2D eigenvalue weighted by Crippen LogP contribution is -2.13. The van der Waals surface area contributed by atoms with E-state index in [0.717, 1.165) is 6.42 Å². The minimum Gasteiger partial charge on any atom is -0.325 e. The van der Waals surface area contributed by atoms with Gasteiger partial charge in [0.25, 0.3) is 0 Å². The molecule has 0 aliphatic rings. The maximum atomic E-state index is 11.1. The van der Waals surface area contributed by atoms with Crippen LogP contribution in [0.2, 0.25) is 0 Å². The summed E-state index contributed by atoms with van der Waals surface area (Å²) >= 11 is 0. The van der Waals surface area contributed by atoms with Crippen molar-refractivity contribution in [2.45, 2.75) is 19.8 Å². The topological polar surface area (TPSA) is 42.0 Å². The van der Waals surface area contributed by atoms with E-state index in [4.69, 9.17) is 7.85 Å². The van der Waals surface area contributed by atoms with Crippen molar-refractivity contribution >= 4 is 24.9 Å². The zero-order valence-corrected chi connectivity index (χ0v) is 7.58. The van der Waals surface area contributed by atoms with Crippen LogP contribution in [0, 0.1) is 0 Å². The van der Waals surface area contributed by atoms with Crippen LogP contribution in [0.4, 0.5) is 5.69 Å². The van der Waals surface area contributed by atoms with Gasteiger partial charge in [-0.05, 0) is 12.5 Å². The Morgan fingerprint density at radius 3 is 3.00 bits per heavy atom. The van der Waals surface area contributed by atoms with Crippen LogP contribution >= 0.6 is 0 Å². The lowest BCUT2D eigenvalue weighted by Gasteiger charge is -2.03. The van der Waals surface area contributed by atoms with Gasteiger partial charge in [0.05, 0.1) is 11.9 Å². The molecule has 1 aromatic rings. The monoisotopic (exact) mass is 174 g/mol. The Morgan fingerprint density at radius 1 is 1.62 bits per heavy atom. The fourth-order valence-electron chi connectivity index (χ4n) is 0.977. The van der Waals surface area contributed by atoms with E-state index in [1.807, 2.05) is 6.92 Å². The van der Waals surface area contributed by atoms with Crippen molar-refractivity contribution in [1.82, 2.24) is 4.98 Å². The molecule has 0 aromatic carbocycles. The molecule has 0 saturated heterocycles. The van der Waals surface area contributed by atoms with Crippen molar-refractivity contribution < 1.29 is 4.79 Å². The number of nitrogens with zero attached hydrogens (tertiary/aromatic N) is 1. The van der Waals surface area contributed by atoms with E-state index in [1.54, 1.807) is 12.3 Å². The summed E-state index contributed by atoms with van der Waals surface area (Å²) in [5.41, 5.74) is 1.20. The maximum Gasteiger partial charge on any atom is 0.224 e. The second-order valence-electron chi connectivity index (χ2n) is 2.81. The second kappa shape index (κ2) is 4.65. The first-order chi connectivity index (χ1) is 6.22. The van der Waals surface area contributed by atoms with Gasteiger partial charge in [-0.3, -0.25) is 9.78 Å². The van der Waals surface area contributed by atoms with Gasteiger partial charge in [0.15, 0.2) is 0 Å². The normalized spacial score (nSPS) is 9.62. The molecule has 0 spiro atoms. The molecule has 13 heavy (non-hydrogen) atoms. The number of anilines is 1. The van der Waals surface area contributed by atoms with Crippen molar-refractivity contribution in [3.8, 4) is 0 Å². The molecule has 2 radical (unpaired) electrons. The van der Waals surface area contributed by atoms with Crippen molar-refractivity contribution in [2.75, 3.05) is 5.32 Å². The van der Waals surface area contributed by atoms with E-state index >= 15 is 0 Å². The quantitative estimate of drug-likeness (QED) is 0.682. The lowest BCUT2D eigenvalue weighted by atomic mass is 9.99. The smallest absolute Gasteiger partial charge is 0.224 e. The number of rotatable bonds is 3. The zero-order valence-electron chi connectivity index (χ0n) is 7.58. The summed E-state index contributed by atoms with van der Waals surface area (Å²) in [7, 11) is 5.49. The molecule has 0 unspecified atom stereocenters. The fraction of sp³-hybridized carbons (Fsp3) is 0.333. The Balaban J connectivity index is 2.58. The van der Waals surface area contributed by atoms with Gasteiger partial charge in [-0.2, -0.15) is 0 Å². The fourth-order valence-corrected chi connectivity index (χ4v) is 0.977. The molecule has 0 bridgehead atoms. The first-order valence-corrected chi connectivity index (χ1v) is 4.22. The summed E-state index contributed by atoms with van der Waals surface area (Å²) in [5, 5.41) is 2.70. The number of amides is 1. The maximum absolute atomic E-state index is 11.1. The number of carbonyl (C=O) groups excluding carboxylic acids is 1. The summed E-state index contributed by atoms with van der Waals surface area (Å²) in [5.74, 6) is -0.00472. The highest BCUT2D eigenvalue weighted by molar-refractivity contribution is 6.32. The Kier molecular flexibility index (Phi) is 3.49. The molecule has 3 nitrogen and oxygen atoms in total. The zero-order chi connectivity index (χ0) is 9.68. The summed E-state index contributed by atoms with van der Waals surface area (Å²) in [4.78, 5) is 15.0. The standard InChI is InChI=1S/C9H11BN2O/c1-2-3-9(13)12-8-4-7(10)5-11-6-8/h4-6H,2-3H2,1H3,(H,12,13). The van der Waals surface area contributed by atoms with Crippen molar-refractivity contribution in [2.24, 2.45) is 0 Å². The lowest BCUT2D eigenvalue weighted by molar-refractivity contribution is -0.116. The van der Waals surface area contributed by atoms with E-state index in [-0.39, 0.29) is 5.91 Å². The number of hydrogen-bond donors (Lipinski definition) is 1. The number of hydrogen-bond acceptors (Lipinski definition) is 2. The highest BCUT2D eigenvalue weighted by Crippen LogP contribution is 2.02. The van der Waals surface area contributed by atoms with Gasteiger partial charge in [0, 0.05) is 12.6 Å². The highest BCUT2D eigenvalue weighted by Gasteiger charge is 1.99. The van der Waals surface area contributed by atoms with Crippen LogP contribution in [0.5, 0.6) is 0 Å². The van der Waals surface area contributed by atoms with E-state index in [0.29, 0.717) is 17.6 Å². The third-order valence-electron chi connectivity index (χ3n) is 1.52. The van der Waals surface area contributed by atoms with Gasteiger partial charge in [-0.1, -0.05) is 12.4 Å². The van der Waals surface area contributed by atoms with Gasteiger partial charge >= 0.3 is 0 Å². The van der Waals surface area contributed by atoms with Crippen LogP contribution in [0.15, 0.2) is 18.5 Å². The first-order valence-electron chi connectivity index (χ1n) is 4.22. The Hall–Kier alpha value is -1.32. The summed E-state index contributed by atoms with van der Waals surface area (Å²) < 4.78 is 0. The number of pyridine rings is 1. The molecule has 0 saturated carbocycles. The van der Waals surface area contributed by atoms with Crippen LogP contribution < -0.4 is 10.8 Å². The molecule has 0 atom stereocenters. The van der Waals surface area contributed by atoms with Crippen molar-refractivity contribution in [1.29, 1.82) is 0 Å². The van der Waals surface area contributed by atoms with E-state index < -0.39 is 0 Å². The third-order valence-corrected chi connectivity index (χ3v) is 1.52. The number of nitrogens with one attached hydrogen (secondary N) is 1. The Morgan fingerprint density at radius 2 is 2.38 bits per heavy atom. The van der Waals surface area contributed by atoms with E-state index in [9.17, 15) is 4.79 Å². The van der Waals surface area contributed by atoms with Gasteiger partial charge in [0.1, 0.15) is 7.85 Å². The Labute approximate surface area is 79.0 Å². The van der Waals surface area contributed by atoms with Crippen LogP contribution in [0.1, 0.15) is 19.8 Å². The van der Waals surface area contributed by atoms with E-state index in [1.165, 1.54) is 6.20 Å². The molecule has 1 N–H and O–H groups in total. The van der Waals surface area contributed by atoms with Crippen LogP contribution in [-0.4, -0.2) is 18.7 Å². The molecule has 4 heteroatoms. The number of carbonyl (C=O) groups is 1. The molecule has 66 valence electrons. The summed E-state index contributed by atoms with van der Waals surface area (Å²) in [6, 6.07) is 1.68. The third kappa shape index (κ3) is 3.28. The van der Waals surface area contributed by atoms with Gasteiger partial charge < -0.3 is 5.32 Å². The van der Waals surface area contributed by atoms with E-state index in [2.05, 4.69) is 10.3 Å². The molecule has 0 aliphatic carbocycles. The van der Waals surface area contributed by atoms with Crippen LogP contribution in [0.25, 0.3) is 0 Å². The van der Waals surface area contributed by atoms with Crippen molar-refractivity contribution in [3.05, 3.63) is 18.5 Å². The predicted octanol–water partition coefficient (Wildman–Crippen LogP) is 0.614. The summed E-state index contributed by atoms with van der Waals surface area (Å²) in [6.07, 6.45) is 4.47. The summed E-state index contributed by atoms with van der Waals surface area (Å²) in [6.45, 7) is 1.96. The second-order valence-corrected chi connectivity index (χ2v) is 2.81. The molecule has 0 fully saturated rings. The van der Waals surface area contributed by atoms with Crippen molar-refractivity contribution in [3.63, 3.8) is 0 Å². The minimum atomic E-state index is -0.00472. The highest BCUT2D eigenvalue weighted by atomic mass is 16.1. The van der Waals surface area contributed by atoms with Crippen LogP contribution in [0.3, 0.4) is 0 Å². The largest absolute Gasteiger partial charge is 0.325 e. The van der Waals surface area contributed by atoms with Gasteiger partial charge in [-0.25, -0.2) is 0 Å². The average Bonchev–Trinajstić information content (AvgIpc) is 2.04. The molecule has 1 amide bonds. The molecule has 1 rings (SSSR count). The molecule has 1 aromatic heterocycles. The molecular weight excluding hydrogens is 163 g/mol.